The first-order chi connectivity index (χ1) is 10.4. The number of hydrogen-bond donors (Lipinski definition) is 0. The van der Waals surface area contributed by atoms with E-state index in [0.29, 0.717) is 0 Å². The molecular weight excluding hydrogens is 610 g/mol. The van der Waals surface area contributed by atoms with E-state index in [2.05, 4.69) is 0 Å². The normalized spacial score (nSPS) is 5.76. The van der Waals surface area contributed by atoms with E-state index in [1.54, 1.807) is 0 Å². The summed E-state index contributed by atoms with van der Waals surface area (Å²) < 4.78 is 0. The molecule has 0 aliphatic rings. The van der Waals surface area contributed by atoms with Crippen molar-refractivity contribution in [1.29, 1.82) is 0 Å². The van der Waals surface area contributed by atoms with Crippen LogP contribution in [0.2, 0.25) is 0 Å². The van der Waals surface area contributed by atoms with Gasteiger partial charge in [-0.1, -0.05) is 0 Å². The van der Waals surface area contributed by atoms with Crippen LogP contribution in [-0.2, 0) is 0 Å². The molecular formula is N6O18U-6. The number of rotatable bonds is 0. The fourth-order valence-corrected chi connectivity index (χ4v) is 0. The van der Waals surface area contributed by atoms with Gasteiger partial charge in [0.25, 0.3) is 0 Å². The minimum absolute atomic E-state index is 0. The van der Waals surface area contributed by atoms with Gasteiger partial charge in [0.2, 0.25) is 0 Å². The fraction of sp³-hybridized carbons (Fsp3) is 0. The Balaban J connectivity index is -0.0000000309. The average Bonchev–Trinajstić information content (AvgIpc) is 2.08. The van der Waals surface area contributed by atoms with E-state index in [4.69, 9.17) is 91.9 Å². The minimum Gasteiger partial charge on any atom is -0.356 e. The maximum atomic E-state index is 8.25. The van der Waals surface area contributed by atoms with Crippen LogP contribution in [0, 0.1) is 123 Å². The average molecular weight is 610 g/mol. The van der Waals surface area contributed by atoms with Gasteiger partial charge in [-0.15, -0.1) is 0 Å². The molecule has 0 spiro atoms. The van der Waals surface area contributed by atoms with Crippen LogP contribution in [0.1, 0.15) is 0 Å². The van der Waals surface area contributed by atoms with Gasteiger partial charge in [-0.25, -0.2) is 0 Å². The molecule has 148 valence electrons. The third-order valence-electron chi connectivity index (χ3n) is 0. The van der Waals surface area contributed by atoms with Gasteiger partial charge in [0, 0.05) is 31.1 Å². The fourth-order valence-electron chi connectivity index (χ4n) is 0. The van der Waals surface area contributed by atoms with E-state index in [9.17, 15) is 0 Å². The summed E-state index contributed by atoms with van der Waals surface area (Å²) in [7, 11) is 0. The van der Waals surface area contributed by atoms with E-state index < -0.39 is 30.5 Å². The van der Waals surface area contributed by atoms with Gasteiger partial charge in [0.05, 0.1) is 30.5 Å². The molecule has 0 N–H and O–H groups in total. The van der Waals surface area contributed by atoms with Crippen LogP contribution in [0.4, 0.5) is 0 Å². The van der Waals surface area contributed by atoms with E-state index in [0.717, 1.165) is 0 Å². The van der Waals surface area contributed by atoms with Crippen LogP contribution in [0.15, 0.2) is 0 Å². The Kier molecular flexibility index (Phi) is 63.4. The summed E-state index contributed by atoms with van der Waals surface area (Å²) in [4.78, 5) is 49.5. The van der Waals surface area contributed by atoms with Crippen LogP contribution in [0.25, 0.3) is 0 Å². The SMILES string of the molecule is O=[N+]([O-])[O-].O=[N+]([O-])[O-].O=[N+]([O-])[O-].O=[N+]([O-])[O-].O=[N+]([O-])[O-].O=[N+]([O-])[O-].[U]. The van der Waals surface area contributed by atoms with Gasteiger partial charge < -0.3 is 91.9 Å². The minimum atomic E-state index is -1.75. The molecule has 0 aromatic heterocycles. The Morgan fingerprint density at radius 1 is 0.280 bits per heavy atom. The maximum Gasteiger partial charge on any atom is 0.0689 e. The molecule has 0 aliphatic heterocycles. The van der Waals surface area contributed by atoms with Crippen LogP contribution in [0.3, 0.4) is 0 Å². The van der Waals surface area contributed by atoms with E-state index >= 15 is 0 Å². The van der Waals surface area contributed by atoms with Crippen molar-refractivity contribution in [3.8, 4) is 0 Å². The monoisotopic (exact) mass is 610 g/mol. The molecule has 0 fully saturated rings. The molecule has 0 rings (SSSR count). The Bertz CT molecular complexity index is 257. The molecule has 0 aromatic rings. The van der Waals surface area contributed by atoms with Gasteiger partial charge in [0.1, 0.15) is 0 Å². The summed E-state index contributed by atoms with van der Waals surface area (Å²) in [6.45, 7) is 0. The molecule has 0 saturated carbocycles. The number of hydrogen-bond acceptors (Lipinski definition) is 18. The quantitative estimate of drug-likeness (QED) is 0.224. The summed E-state index contributed by atoms with van der Waals surface area (Å²) >= 11 is 0. The second-order valence-corrected chi connectivity index (χ2v) is 1.34. The van der Waals surface area contributed by atoms with Gasteiger partial charge >= 0.3 is 0 Å². The maximum absolute atomic E-state index is 8.25. The first-order valence-electron chi connectivity index (χ1n) is 3.29. The molecule has 0 unspecified atom stereocenters. The molecule has 0 atom stereocenters. The smallest absolute Gasteiger partial charge is 0.0689 e. The number of nitrogens with zero attached hydrogens (tertiary/aromatic N) is 6. The molecule has 0 bridgehead atoms. The topological polar surface area (TPSA) is 397 Å². The molecule has 25 heteroatoms. The van der Waals surface area contributed by atoms with Crippen molar-refractivity contribution in [1.82, 2.24) is 0 Å². The van der Waals surface area contributed by atoms with E-state index in [1.807, 2.05) is 0 Å². The largest absolute Gasteiger partial charge is 0.356 e. The molecule has 24 nitrogen and oxygen atoms in total. The molecule has 25 heavy (non-hydrogen) atoms. The summed E-state index contributed by atoms with van der Waals surface area (Å²) in [5.74, 6) is 0. The molecule has 0 heterocycles. The van der Waals surface area contributed by atoms with Crippen molar-refractivity contribution in [2.45, 2.75) is 0 Å². The van der Waals surface area contributed by atoms with Crippen molar-refractivity contribution in [3.05, 3.63) is 91.9 Å². The van der Waals surface area contributed by atoms with Gasteiger partial charge in [-0.3, -0.25) is 0 Å². The zero-order valence-electron chi connectivity index (χ0n) is 10.5. The van der Waals surface area contributed by atoms with Gasteiger partial charge in [0.15, 0.2) is 0 Å². The summed E-state index contributed by atoms with van der Waals surface area (Å²) in [5.41, 5.74) is 0. The van der Waals surface area contributed by atoms with Crippen LogP contribution in [-0.4, -0.2) is 30.5 Å². The Hall–Kier alpha value is -3.75. The standard InChI is InChI=1S/6NO3.U/c6*2-1(3)4;/q6*-1;. The van der Waals surface area contributed by atoms with Crippen LogP contribution >= 0.6 is 0 Å². The Morgan fingerprint density at radius 2 is 0.280 bits per heavy atom. The van der Waals surface area contributed by atoms with E-state index in [1.165, 1.54) is 0 Å². The second kappa shape index (κ2) is 37.0. The summed E-state index contributed by atoms with van der Waals surface area (Å²) in [5, 5.41) is 88.5. The molecule has 0 saturated heterocycles. The zero-order valence-corrected chi connectivity index (χ0v) is 14.7. The van der Waals surface area contributed by atoms with E-state index in [-0.39, 0.29) is 31.1 Å². The van der Waals surface area contributed by atoms with Crippen molar-refractivity contribution in [2.24, 2.45) is 0 Å². The summed E-state index contributed by atoms with van der Waals surface area (Å²) in [6.07, 6.45) is 0. The first kappa shape index (κ1) is 42.9. The zero-order chi connectivity index (χ0) is 21.5. The van der Waals surface area contributed by atoms with Crippen molar-refractivity contribution < 1.29 is 61.6 Å². The molecule has 0 aliphatic carbocycles. The van der Waals surface area contributed by atoms with Gasteiger partial charge in [-0.05, 0) is 0 Å². The van der Waals surface area contributed by atoms with Crippen molar-refractivity contribution in [2.75, 3.05) is 0 Å². The predicted molar refractivity (Wildman–Crippen MR) is 62.2 cm³/mol. The van der Waals surface area contributed by atoms with Crippen molar-refractivity contribution >= 4 is 0 Å². The molecule has 0 aromatic carbocycles. The Morgan fingerprint density at radius 3 is 0.280 bits per heavy atom. The van der Waals surface area contributed by atoms with Crippen LogP contribution in [0.5, 0.6) is 0 Å². The predicted octanol–water partition coefficient (Wildman–Crippen LogP) is -1.43. The van der Waals surface area contributed by atoms with Crippen LogP contribution < -0.4 is 0 Å². The van der Waals surface area contributed by atoms with Crippen molar-refractivity contribution in [3.63, 3.8) is 0 Å². The molecule has 0 radical (unpaired) electrons. The molecule has 0 amide bonds. The third kappa shape index (κ3) is 480. The third-order valence-corrected chi connectivity index (χ3v) is 0. The first-order valence-corrected chi connectivity index (χ1v) is 3.29. The Labute approximate surface area is 154 Å². The summed E-state index contributed by atoms with van der Waals surface area (Å²) in [6, 6.07) is 0. The van der Waals surface area contributed by atoms with Gasteiger partial charge in [-0.2, -0.15) is 0 Å². The second-order valence-electron chi connectivity index (χ2n) is 1.34.